The molecule has 0 aromatic carbocycles. The molecule has 2 heterocycles. The van der Waals surface area contributed by atoms with Gasteiger partial charge in [0.25, 0.3) is 0 Å². The summed E-state index contributed by atoms with van der Waals surface area (Å²) < 4.78 is 23.6. The number of nitrogens with zero attached hydrogens (tertiary/aromatic N) is 4. The average molecular weight is 385 g/mol. The highest BCUT2D eigenvalue weighted by Crippen LogP contribution is 2.20. The molecule has 1 fully saturated rings. The molecular weight excluding hydrogens is 356 g/mol. The van der Waals surface area contributed by atoms with E-state index in [-0.39, 0.29) is 12.5 Å². The number of carbonyl (C=O) groups is 1. The lowest BCUT2D eigenvalue weighted by molar-refractivity contribution is -0.121. The van der Waals surface area contributed by atoms with Gasteiger partial charge in [-0.3, -0.25) is 4.79 Å². The zero-order valence-corrected chi connectivity index (χ0v) is 16.5. The summed E-state index contributed by atoms with van der Waals surface area (Å²) in [4.78, 5) is 22.9. The van der Waals surface area contributed by atoms with Crippen LogP contribution in [0, 0.1) is 6.92 Å². The van der Waals surface area contributed by atoms with Gasteiger partial charge < -0.3 is 15.5 Å². The number of hydrogen-bond acceptors (Lipinski definition) is 7. The molecule has 1 aromatic rings. The number of nitrogens with one attached hydrogen (secondary N) is 2. The number of piperidine rings is 1. The highest BCUT2D eigenvalue weighted by atomic mass is 32.2. The lowest BCUT2D eigenvalue weighted by atomic mass is 10.1. The molecule has 1 aliphatic heterocycles. The fraction of sp³-hybridized carbons (Fsp3) is 0.688. The molecule has 9 nitrogen and oxygen atoms in total. The maximum Gasteiger partial charge on any atom is 0.235 e. The molecule has 2 N–H and O–H groups in total. The first-order chi connectivity index (χ1) is 12.3. The van der Waals surface area contributed by atoms with Crippen LogP contribution in [-0.2, 0) is 14.8 Å². The highest BCUT2D eigenvalue weighted by Gasteiger charge is 2.15. The lowest BCUT2D eigenvalue weighted by Crippen LogP contribution is -2.39. The average Bonchev–Trinajstić information content (AvgIpc) is 2.58. The third-order valence-electron chi connectivity index (χ3n) is 4.19. The summed E-state index contributed by atoms with van der Waals surface area (Å²) in [7, 11) is -1.98. The molecule has 0 atom stereocenters. The van der Waals surface area contributed by atoms with Gasteiger partial charge in [-0.15, -0.1) is 0 Å². The molecular formula is C16H28N6O3S. The van der Waals surface area contributed by atoms with Crippen LogP contribution in [0.5, 0.6) is 0 Å². The molecule has 146 valence electrons. The summed E-state index contributed by atoms with van der Waals surface area (Å²) in [5.41, 5.74) is 0. The van der Waals surface area contributed by atoms with Crippen LogP contribution in [0.2, 0.25) is 0 Å². The van der Waals surface area contributed by atoms with Crippen LogP contribution in [-0.4, -0.2) is 74.6 Å². The normalized spacial score (nSPS) is 15.2. The zero-order chi connectivity index (χ0) is 19.2. The van der Waals surface area contributed by atoms with E-state index in [1.807, 2.05) is 13.0 Å². The first kappa shape index (κ1) is 20.4. The van der Waals surface area contributed by atoms with Crippen molar-refractivity contribution < 1.29 is 13.2 Å². The molecule has 1 aliphatic rings. The standard InChI is InChI=1S/C16H28N6O3S/c1-13-19-14(11-15(20-13)22-9-5-4-6-10-22)17-7-8-18-16(23)12-21(2)26(3,24)25/h11H,4-10,12H2,1-3H3,(H,18,23)(H,17,19,20). The third-order valence-corrected chi connectivity index (χ3v) is 5.45. The van der Waals surface area contributed by atoms with Crippen molar-refractivity contribution in [2.45, 2.75) is 26.2 Å². The predicted octanol–water partition coefficient (Wildman–Crippen LogP) is 0.195. The van der Waals surface area contributed by atoms with Crippen molar-refractivity contribution >= 4 is 27.6 Å². The Morgan fingerprint density at radius 3 is 2.58 bits per heavy atom. The predicted molar refractivity (Wildman–Crippen MR) is 102 cm³/mol. The van der Waals surface area contributed by atoms with Gasteiger partial charge in [0, 0.05) is 39.3 Å². The van der Waals surface area contributed by atoms with E-state index < -0.39 is 10.0 Å². The molecule has 10 heteroatoms. The third kappa shape index (κ3) is 6.41. The summed E-state index contributed by atoms with van der Waals surface area (Å²) in [5, 5.41) is 5.87. The number of hydrogen-bond donors (Lipinski definition) is 2. The van der Waals surface area contributed by atoms with Crippen molar-refractivity contribution in [3.05, 3.63) is 11.9 Å². The summed E-state index contributed by atoms with van der Waals surface area (Å²) >= 11 is 0. The van der Waals surface area contributed by atoms with Crippen LogP contribution >= 0.6 is 0 Å². The van der Waals surface area contributed by atoms with E-state index in [9.17, 15) is 13.2 Å². The Morgan fingerprint density at radius 1 is 1.23 bits per heavy atom. The summed E-state index contributed by atoms with van der Waals surface area (Å²) in [6.45, 7) is 4.56. The number of sulfonamides is 1. The Labute approximate surface area is 155 Å². The SMILES string of the molecule is Cc1nc(NCCNC(=O)CN(C)S(C)(=O)=O)cc(N2CCCCC2)n1. The molecule has 0 radical (unpaired) electrons. The van der Waals surface area contributed by atoms with E-state index in [1.54, 1.807) is 0 Å². The van der Waals surface area contributed by atoms with Gasteiger partial charge in [0.2, 0.25) is 15.9 Å². The first-order valence-electron chi connectivity index (χ1n) is 8.78. The van der Waals surface area contributed by atoms with Crippen LogP contribution in [0.15, 0.2) is 6.07 Å². The Balaban J connectivity index is 1.80. The number of likely N-dealkylation sites (N-methyl/N-ethyl adjacent to an activating group) is 1. The molecule has 0 saturated carbocycles. The maximum atomic E-state index is 11.7. The van der Waals surface area contributed by atoms with Crippen molar-refractivity contribution in [2.24, 2.45) is 0 Å². The van der Waals surface area contributed by atoms with Crippen molar-refractivity contribution in [3.63, 3.8) is 0 Å². The number of aromatic nitrogens is 2. The molecule has 1 aromatic heterocycles. The second-order valence-corrected chi connectivity index (χ2v) is 8.59. The Morgan fingerprint density at radius 2 is 1.92 bits per heavy atom. The van der Waals surface area contributed by atoms with Crippen LogP contribution in [0.4, 0.5) is 11.6 Å². The summed E-state index contributed by atoms with van der Waals surface area (Å²) in [6.07, 6.45) is 4.69. The molecule has 0 spiro atoms. The van der Waals surface area contributed by atoms with Gasteiger partial charge >= 0.3 is 0 Å². The van der Waals surface area contributed by atoms with Crippen LogP contribution in [0.25, 0.3) is 0 Å². The Bertz CT molecular complexity index is 719. The fourth-order valence-electron chi connectivity index (χ4n) is 2.70. The van der Waals surface area contributed by atoms with Crippen LogP contribution < -0.4 is 15.5 Å². The summed E-state index contributed by atoms with van der Waals surface area (Å²) in [5.74, 6) is 2.01. The monoisotopic (exact) mass is 384 g/mol. The number of rotatable bonds is 8. The molecule has 26 heavy (non-hydrogen) atoms. The van der Waals surface area contributed by atoms with E-state index in [0.29, 0.717) is 18.9 Å². The van der Waals surface area contributed by atoms with Gasteiger partial charge in [-0.1, -0.05) is 0 Å². The van der Waals surface area contributed by atoms with E-state index in [4.69, 9.17) is 0 Å². The Hall–Kier alpha value is -1.94. The van der Waals surface area contributed by atoms with Gasteiger partial charge in [0.05, 0.1) is 12.8 Å². The van der Waals surface area contributed by atoms with Gasteiger partial charge in [0.1, 0.15) is 17.5 Å². The quantitative estimate of drug-likeness (QED) is 0.616. The van der Waals surface area contributed by atoms with Gasteiger partial charge in [0.15, 0.2) is 0 Å². The minimum absolute atomic E-state index is 0.190. The van der Waals surface area contributed by atoms with Gasteiger partial charge in [-0.25, -0.2) is 18.4 Å². The van der Waals surface area contributed by atoms with Gasteiger partial charge in [-0.2, -0.15) is 4.31 Å². The smallest absolute Gasteiger partial charge is 0.235 e. The van der Waals surface area contributed by atoms with E-state index in [2.05, 4.69) is 25.5 Å². The fourth-order valence-corrected chi connectivity index (χ4v) is 3.05. The molecule has 1 amide bonds. The van der Waals surface area contributed by atoms with Crippen molar-refractivity contribution in [3.8, 4) is 0 Å². The summed E-state index contributed by atoms with van der Waals surface area (Å²) in [6, 6.07) is 1.93. The number of amides is 1. The van der Waals surface area contributed by atoms with Crippen LogP contribution in [0.1, 0.15) is 25.1 Å². The van der Waals surface area contributed by atoms with E-state index in [0.717, 1.165) is 35.3 Å². The number of anilines is 2. The zero-order valence-electron chi connectivity index (χ0n) is 15.7. The molecule has 0 unspecified atom stereocenters. The van der Waals surface area contributed by atoms with E-state index >= 15 is 0 Å². The van der Waals surface area contributed by atoms with Crippen molar-refractivity contribution in [1.82, 2.24) is 19.6 Å². The maximum absolute atomic E-state index is 11.7. The number of aryl methyl sites for hydroxylation is 1. The minimum Gasteiger partial charge on any atom is -0.368 e. The molecule has 2 rings (SSSR count). The number of carbonyl (C=O) groups excluding carboxylic acids is 1. The van der Waals surface area contributed by atoms with Crippen molar-refractivity contribution in [2.75, 3.05) is 56.2 Å². The Kier molecular flexibility index (Phi) is 7.15. The second-order valence-electron chi connectivity index (χ2n) is 6.50. The van der Waals surface area contributed by atoms with E-state index in [1.165, 1.54) is 26.3 Å². The molecule has 1 saturated heterocycles. The van der Waals surface area contributed by atoms with Crippen LogP contribution in [0.3, 0.4) is 0 Å². The highest BCUT2D eigenvalue weighted by molar-refractivity contribution is 7.88. The molecule has 0 bridgehead atoms. The van der Waals surface area contributed by atoms with Gasteiger partial charge in [-0.05, 0) is 26.2 Å². The molecule has 0 aliphatic carbocycles. The lowest BCUT2D eigenvalue weighted by Gasteiger charge is -2.28. The second kappa shape index (κ2) is 9.13. The first-order valence-corrected chi connectivity index (χ1v) is 10.6. The minimum atomic E-state index is -3.36. The van der Waals surface area contributed by atoms with Crippen molar-refractivity contribution in [1.29, 1.82) is 0 Å². The largest absolute Gasteiger partial charge is 0.368 e. The topological polar surface area (TPSA) is 108 Å².